The van der Waals surface area contributed by atoms with Crippen LogP contribution < -0.4 is 5.32 Å². The number of amides is 1. The number of hydrogen-bond acceptors (Lipinski definition) is 3. The Labute approximate surface area is 165 Å². The zero-order valence-corrected chi connectivity index (χ0v) is 16.1. The maximum atomic E-state index is 13.0. The van der Waals surface area contributed by atoms with Crippen molar-refractivity contribution in [2.24, 2.45) is 11.8 Å². The summed E-state index contributed by atoms with van der Waals surface area (Å²) in [5.41, 5.74) is 0.450. The van der Waals surface area contributed by atoms with Crippen molar-refractivity contribution in [1.29, 1.82) is 0 Å². The first-order valence-corrected chi connectivity index (χ1v) is 9.05. The molecule has 0 aliphatic heterocycles. The van der Waals surface area contributed by atoms with Gasteiger partial charge in [-0.3, -0.25) is 9.59 Å². The number of nitrogens with one attached hydrogen (secondary N) is 1. The highest BCUT2D eigenvalue weighted by atomic mass is 35.5. The van der Waals surface area contributed by atoms with Gasteiger partial charge in [0.2, 0.25) is 5.91 Å². The minimum absolute atomic E-state index is 0.0142. The van der Waals surface area contributed by atoms with E-state index in [1.54, 1.807) is 0 Å². The molecule has 26 heavy (non-hydrogen) atoms. The van der Waals surface area contributed by atoms with E-state index in [4.69, 9.17) is 39.5 Å². The van der Waals surface area contributed by atoms with Gasteiger partial charge < -0.3 is 10.1 Å². The number of hydrogen-bond donors (Lipinski definition) is 1. The Morgan fingerprint density at radius 3 is 2.27 bits per heavy atom. The van der Waals surface area contributed by atoms with Gasteiger partial charge in [0, 0.05) is 5.69 Å². The van der Waals surface area contributed by atoms with E-state index in [0.29, 0.717) is 18.5 Å². The first-order valence-electron chi connectivity index (χ1n) is 7.92. The number of carbonyl (C=O) groups excluding carboxylic acids is 2. The minimum atomic E-state index is -0.819. The van der Waals surface area contributed by atoms with Crippen molar-refractivity contribution >= 4 is 52.4 Å². The highest BCUT2D eigenvalue weighted by Gasteiger charge is 2.36. The Kier molecular flexibility index (Phi) is 7.50. The number of halogens is 4. The van der Waals surface area contributed by atoms with Gasteiger partial charge in [-0.1, -0.05) is 47.0 Å². The molecule has 4 nitrogen and oxygen atoms in total. The number of ether oxygens (including phenoxy) is 1. The molecule has 2 rings (SSSR count). The molecule has 0 heterocycles. The van der Waals surface area contributed by atoms with Crippen molar-refractivity contribution in [3.63, 3.8) is 0 Å². The second-order valence-corrected chi connectivity index (χ2v) is 7.20. The fourth-order valence-electron chi connectivity index (χ4n) is 2.60. The van der Waals surface area contributed by atoms with Gasteiger partial charge in [-0.05, 0) is 44.0 Å². The first-order chi connectivity index (χ1) is 12.3. The van der Waals surface area contributed by atoms with Crippen LogP contribution in [-0.4, -0.2) is 18.0 Å². The van der Waals surface area contributed by atoms with Crippen LogP contribution >= 0.6 is 34.8 Å². The van der Waals surface area contributed by atoms with E-state index in [-0.39, 0.29) is 15.4 Å². The average molecular weight is 421 g/mol. The van der Waals surface area contributed by atoms with Gasteiger partial charge >= 0.3 is 5.97 Å². The fourth-order valence-corrected chi connectivity index (χ4v) is 2.95. The quantitative estimate of drug-likeness (QED) is 0.528. The summed E-state index contributed by atoms with van der Waals surface area (Å²) in [5.74, 6) is -2.58. The van der Waals surface area contributed by atoms with Crippen molar-refractivity contribution in [2.45, 2.75) is 25.9 Å². The molecule has 0 fully saturated rings. The minimum Gasteiger partial charge on any atom is -0.457 e. The summed E-state index contributed by atoms with van der Waals surface area (Å²) in [6, 6.07) is 5.39. The van der Waals surface area contributed by atoms with Crippen LogP contribution in [0.5, 0.6) is 0 Å². The van der Waals surface area contributed by atoms with Crippen molar-refractivity contribution in [3.8, 4) is 0 Å². The second-order valence-electron chi connectivity index (χ2n) is 5.84. The van der Waals surface area contributed by atoms with Gasteiger partial charge in [0.15, 0.2) is 0 Å². The summed E-state index contributed by atoms with van der Waals surface area (Å²) in [6.45, 7) is 1.54. The van der Waals surface area contributed by atoms with Crippen molar-refractivity contribution in [1.82, 2.24) is 0 Å². The molecule has 3 atom stereocenters. The largest absolute Gasteiger partial charge is 0.457 e. The Morgan fingerprint density at radius 2 is 1.69 bits per heavy atom. The molecule has 0 saturated carbocycles. The number of rotatable bonds is 5. The van der Waals surface area contributed by atoms with Crippen LogP contribution in [0, 0.1) is 17.7 Å². The molecule has 140 valence electrons. The Bertz CT molecular complexity index is 730. The third-order valence-corrected chi connectivity index (χ3v) is 5.11. The van der Waals surface area contributed by atoms with Gasteiger partial charge in [-0.2, -0.15) is 0 Å². The maximum absolute atomic E-state index is 13.0. The molecule has 8 heteroatoms. The van der Waals surface area contributed by atoms with Gasteiger partial charge in [0.1, 0.15) is 16.4 Å². The highest BCUT2D eigenvalue weighted by molar-refractivity contribution is 6.59. The molecule has 1 N–H and O–H groups in total. The average Bonchev–Trinajstić information content (AvgIpc) is 2.62. The zero-order valence-electron chi connectivity index (χ0n) is 13.8. The lowest BCUT2D eigenvalue weighted by molar-refractivity contribution is -0.155. The second kappa shape index (κ2) is 9.40. The molecule has 0 unspecified atom stereocenters. The summed E-state index contributed by atoms with van der Waals surface area (Å²) in [7, 11) is 0. The van der Waals surface area contributed by atoms with E-state index < -0.39 is 29.7 Å². The molecule has 0 spiro atoms. The molecule has 1 aromatic carbocycles. The number of esters is 1. The summed E-state index contributed by atoms with van der Waals surface area (Å²) < 4.78 is 18.1. The molecule has 0 aromatic heterocycles. The van der Waals surface area contributed by atoms with Crippen LogP contribution in [0.3, 0.4) is 0 Å². The standard InChI is InChI=1S/C18H17Cl3FNO3/c1-10(15(19)16(20)21)26-18(25)14-5-3-2-4-13(14)17(24)23-12-8-6-11(22)7-9-12/h2-3,6-10,13-14H,4-5H2,1H3,(H,23,24)/t10-,13+,14+/m1/s1. The molecule has 0 radical (unpaired) electrons. The molecule has 1 aromatic rings. The van der Waals surface area contributed by atoms with Crippen LogP contribution in [-0.2, 0) is 14.3 Å². The van der Waals surface area contributed by atoms with Crippen LogP contribution in [0.25, 0.3) is 0 Å². The molecule has 1 aliphatic rings. The summed E-state index contributed by atoms with van der Waals surface area (Å²) in [5, 5.41) is 2.71. The number of anilines is 1. The van der Waals surface area contributed by atoms with E-state index in [9.17, 15) is 14.0 Å². The molecule has 1 amide bonds. The van der Waals surface area contributed by atoms with Crippen molar-refractivity contribution < 1.29 is 18.7 Å². The van der Waals surface area contributed by atoms with E-state index in [1.165, 1.54) is 31.2 Å². The lowest BCUT2D eigenvalue weighted by atomic mass is 9.82. The molecule has 0 saturated heterocycles. The van der Waals surface area contributed by atoms with Gasteiger partial charge in [-0.15, -0.1) is 0 Å². The van der Waals surface area contributed by atoms with Gasteiger partial charge in [-0.25, -0.2) is 4.39 Å². The molecular formula is C18H17Cl3FNO3. The smallest absolute Gasteiger partial charge is 0.310 e. The Balaban J connectivity index is 2.07. The normalized spacial score (nSPS) is 20.2. The third-order valence-electron chi connectivity index (χ3n) is 4.01. The lowest BCUT2D eigenvalue weighted by Crippen LogP contribution is -2.36. The van der Waals surface area contributed by atoms with Crippen LogP contribution in [0.1, 0.15) is 19.8 Å². The fraction of sp³-hybridized carbons (Fsp3) is 0.333. The van der Waals surface area contributed by atoms with Crippen LogP contribution in [0.4, 0.5) is 10.1 Å². The first kappa shape index (κ1) is 20.7. The summed E-state index contributed by atoms with van der Waals surface area (Å²) in [4.78, 5) is 25.1. The molecule has 0 bridgehead atoms. The Hall–Kier alpha value is -1.56. The van der Waals surface area contributed by atoms with E-state index in [0.717, 1.165) is 0 Å². The van der Waals surface area contributed by atoms with E-state index >= 15 is 0 Å². The van der Waals surface area contributed by atoms with Crippen LogP contribution in [0.2, 0.25) is 0 Å². The van der Waals surface area contributed by atoms with Crippen molar-refractivity contribution in [2.75, 3.05) is 5.32 Å². The van der Waals surface area contributed by atoms with E-state index in [1.807, 2.05) is 12.2 Å². The predicted octanol–water partition coefficient (Wildman–Crippen LogP) is 5.16. The predicted molar refractivity (Wildman–Crippen MR) is 101 cm³/mol. The highest BCUT2D eigenvalue weighted by Crippen LogP contribution is 2.30. The summed E-state index contributed by atoms with van der Waals surface area (Å²) >= 11 is 17.1. The SMILES string of the molecule is C[C@@H](OC(=O)[C@H]1CC=CC[C@@H]1C(=O)Nc1ccc(F)cc1)C(Cl)=C(Cl)Cl. The number of carbonyl (C=O) groups is 2. The zero-order chi connectivity index (χ0) is 19.3. The lowest BCUT2D eigenvalue weighted by Gasteiger charge is -2.27. The number of allylic oxidation sites excluding steroid dienone is 2. The van der Waals surface area contributed by atoms with Gasteiger partial charge in [0.25, 0.3) is 0 Å². The van der Waals surface area contributed by atoms with Gasteiger partial charge in [0.05, 0.1) is 16.9 Å². The molecule has 1 aliphatic carbocycles. The van der Waals surface area contributed by atoms with E-state index in [2.05, 4.69) is 5.32 Å². The monoisotopic (exact) mass is 419 g/mol. The summed E-state index contributed by atoms with van der Waals surface area (Å²) in [6.07, 6.45) is 3.60. The Morgan fingerprint density at radius 1 is 1.12 bits per heavy atom. The topological polar surface area (TPSA) is 55.4 Å². The van der Waals surface area contributed by atoms with Crippen LogP contribution in [0.15, 0.2) is 45.9 Å². The third kappa shape index (κ3) is 5.47. The number of benzene rings is 1. The van der Waals surface area contributed by atoms with Crippen molar-refractivity contribution in [3.05, 3.63) is 51.8 Å². The molecular weight excluding hydrogens is 404 g/mol. The maximum Gasteiger partial charge on any atom is 0.310 e.